The smallest absolute Gasteiger partial charge is 0.224 e. The molecule has 0 saturated carbocycles. The zero-order valence-electron chi connectivity index (χ0n) is 13.3. The van der Waals surface area contributed by atoms with Crippen LogP contribution in [0, 0.1) is 17.2 Å². The molecular formula is C16H27N3O2. The van der Waals surface area contributed by atoms with Crippen molar-refractivity contribution in [2.75, 3.05) is 26.7 Å². The summed E-state index contributed by atoms with van der Waals surface area (Å²) in [5.41, 5.74) is 0. The van der Waals surface area contributed by atoms with E-state index in [-0.39, 0.29) is 11.8 Å². The van der Waals surface area contributed by atoms with E-state index < -0.39 is 0 Å². The molecule has 0 spiro atoms. The SMILES string of the molecule is CCCC1CCC(=O)N(CCC(=O)N(C)CCC#N)CC1. The van der Waals surface area contributed by atoms with Crippen LogP contribution in [0.3, 0.4) is 0 Å². The highest BCUT2D eigenvalue weighted by molar-refractivity contribution is 5.79. The van der Waals surface area contributed by atoms with E-state index in [9.17, 15) is 9.59 Å². The van der Waals surface area contributed by atoms with Gasteiger partial charge in [-0.1, -0.05) is 19.8 Å². The van der Waals surface area contributed by atoms with Crippen molar-refractivity contribution in [2.45, 2.75) is 51.9 Å². The fourth-order valence-electron chi connectivity index (χ4n) is 2.79. The van der Waals surface area contributed by atoms with E-state index in [1.165, 1.54) is 12.8 Å². The molecule has 118 valence electrons. The van der Waals surface area contributed by atoms with Crippen molar-refractivity contribution in [3.8, 4) is 6.07 Å². The lowest BCUT2D eigenvalue weighted by molar-refractivity contribution is -0.133. The predicted octanol–water partition coefficient (Wildman–Crippen LogP) is 2.18. The van der Waals surface area contributed by atoms with Crippen LogP contribution in [0.4, 0.5) is 0 Å². The monoisotopic (exact) mass is 293 g/mol. The zero-order chi connectivity index (χ0) is 15.7. The summed E-state index contributed by atoms with van der Waals surface area (Å²) in [5, 5.41) is 8.52. The molecule has 0 aromatic heterocycles. The molecule has 1 aliphatic rings. The van der Waals surface area contributed by atoms with Gasteiger partial charge in [-0.2, -0.15) is 5.26 Å². The second-order valence-electron chi connectivity index (χ2n) is 5.84. The van der Waals surface area contributed by atoms with Gasteiger partial charge in [0.05, 0.1) is 12.5 Å². The Kier molecular flexibility index (Phi) is 7.81. The highest BCUT2D eigenvalue weighted by atomic mass is 16.2. The lowest BCUT2D eigenvalue weighted by Gasteiger charge is -2.22. The van der Waals surface area contributed by atoms with Gasteiger partial charge in [0.1, 0.15) is 0 Å². The molecule has 0 N–H and O–H groups in total. The van der Waals surface area contributed by atoms with Gasteiger partial charge in [-0.15, -0.1) is 0 Å². The number of hydrogen-bond donors (Lipinski definition) is 0. The van der Waals surface area contributed by atoms with Crippen LogP contribution in [-0.2, 0) is 9.59 Å². The molecule has 5 nitrogen and oxygen atoms in total. The predicted molar refractivity (Wildman–Crippen MR) is 81.3 cm³/mol. The minimum absolute atomic E-state index is 0.00686. The highest BCUT2D eigenvalue weighted by Gasteiger charge is 2.22. The van der Waals surface area contributed by atoms with Gasteiger partial charge in [0.2, 0.25) is 11.8 Å². The molecule has 1 saturated heterocycles. The number of nitriles is 1. The maximum absolute atomic E-state index is 12.1. The molecular weight excluding hydrogens is 266 g/mol. The van der Waals surface area contributed by atoms with Gasteiger partial charge >= 0.3 is 0 Å². The second-order valence-corrected chi connectivity index (χ2v) is 5.84. The van der Waals surface area contributed by atoms with Gasteiger partial charge < -0.3 is 9.80 Å². The van der Waals surface area contributed by atoms with Gasteiger partial charge in [0.15, 0.2) is 0 Å². The summed E-state index contributed by atoms with van der Waals surface area (Å²) in [5.74, 6) is 0.839. The molecule has 1 atom stereocenters. The molecule has 0 aromatic rings. The Morgan fingerprint density at radius 3 is 2.90 bits per heavy atom. The number of amides is 2. The van der Waals surface area contributed by atoms with Gasteiger partial charge in [-0.05, 0) is 18.8 Å². The van der Waals surface area contributed by atoms with Gasteiger partial charge in [-0.25, -0.2) is 0 Å². The first-order valence-electron chi connectivity index (χ1n) is 7.97. The number of carbonyl (C=O) groups excluding carboxylic acids is 2. The molecule has 1 rings (SSSR count). The van der Waals surface area contributed by atoms with Crippen LogP contribution in [0.1, 0.15) is 51.9 Å². The van der Waals surface area contributed by atoms with Crippen LogP contribution in [0.5, 0.6) is 0 Å². The van der Waals surface area contributed by atoms with Crippen molar-refractivity contribution in [3.05, 3.63) is 0 Å². The van der Waals surface area contributed by atoms with E-state index in [4.69, 9.17) is 5.26 Å². The topological polar surface area (TPSA) is 64.4 Å². The fourth-order valence-corrected chi connectivity index (χ4v) is 2.79. The van der Waals surface area contributed by atoms with Crippen molar-refractivity contribution >= 4 is 11.8 Å². The van der Waals surface area contributed by atoms with Crippen molar-refractivity contribution < 1.29 is 9.59 Å². The fraction of sp³-hybridized carbons (Fsp3) is 0.812. The Hall–Kier alpha value is -1.57. The molecule has 21 heavy (non-hydrogen) atoms. The van der Waals surface area contributed by atoms with E-state index in [1.54, 1.807) is 11.9 Å². The molecule has 0 aliphatic carbocycles. The lowest BCUT2D eigenvalue weighted by atomic mass is 9.96. The van der Waals surface area contributed by atoms with Crippen LogP contribution >= 0.6 is 0 Å². The van der Waals surface area contributed by atoms with Crippen molar-refractivity contribution in [1.29, 1.82) is 5.26 Å². The molecule has 0 radical (unpaired) electrons. The van der Waals surface area contributed by atoms with Crippen molar-refractivity contribution in [2.24, 2.45) is 5.92 Å². The average Bonchev–Trinajstić information content (AvgIpc) is 2.65. The molecule has 0 bridgehead atoms. The molecule has 1 unspecified atom stereocenters. The zero-order valence-corrected chi connectivity index (χ0v) is 13.3. The molecule has 1 heterocycles. The molecule has 1 aliphatic heterocycles. The number of nitrogens with zero attached hydrogens (tertiary/aromatic N) is 3. The van der Waals surface area contributed by atoms with E-state index in [0.717, 1.165) is 19.4 Å². The maximum atomic E-state index is 12.1. The summed E-state index contributed by atoms with van der Waals surface area (Å²) in [6.45, 7) is 3.92. The minimum Gasteiger partial charge on any atom is -0.345 e. The van der Waals surface area contributed by atoms with Crippen molar-refractivity contribution in [3.63, 3.8) is 0 Å². The Balaban J connectivity index is 2.38. The Morgan fingerprint density at radius 2 is 2.24 bits per heavy atom. The van der Waals surface area contributed by atoms with E-state index in [0.29, 0.717) is 38.3 Å². The van der Waals surface area contributed by atoms with Gasteiger partial charge in [-0.3, -0.25) is 9.59 Å². The van der Waals surface area contributed by atoms with Crippen LogP contribution in [-0.4, -0.2) is 48.3 Å². The van der Waals surface area contributed by atoms with Gasteiger partial charge in [0.25, 0.3) is 0 Å². The number of likely N-dealkylation sites (tertiary alicyclic amines) is 1. The number of hydrogen-bond acceptors (Lipinski definition) is 3. The van der Waals surface area contributed by atoms with E-state index in [1.807, 2.05) is 11.0 Å². The summed E-state index contributed by atoms with van der Waals surface area (Å²) >= 11 is 0. The van der Waals surface area contributed by atoms with E-state index in [2.05, 4.69) is 6.92 Å². The van der Waals surface area contributed by atoms with Crippen LogP contribution in [0.25, 0.3) is 0 Å². The average molecular weight is 293 g/mol. The van der Waals surface area contributed by atoms with E-state index >= 15 is 0 Å². The third-order valence-corrected chi connectivity index (χ3v) is 4.20. The Bertz CT molecular complexity index is 389. The third kappa shape index (κ3) is 6.16. The number of rotatable bonds is 7. The number of carbonyl (C=O) groups is 2. The molecule has 0 aromatic carbocycles. The summed E-state index contributed by atoms with van der Waals surface area (Å²) in [6, 6.07) is 2.03. The summed E-state index contributed by atoms with van der Waals surface area (Å²) in [7, 11) is 1.71. The van der Waals surface area contributed by atoms with Crippen molar-refractivity contribution in [1.82, 2.24) is 9.80 Å². The third-order valence-electron chi connectivity index (χ3n) is 4.20. The summed E-state index contributed by atoms with van der Waals surface area (Å²) in [4.78, 5) is 27.4. The van der Waals surface area contributed by atoms with Gasteiger partial charge in [0, 0.05) is 39.5 Å². The standard InChI is InChI=1S/C16H27N3O2/c1-3-5-14-6-7-16(21)19(12-8-14)13-9-15(20)18(2)11-4-10-17/h14H,3-9,11-13H2,1-2H3. The normalized spacial score (nSPS) is 19.0. The Labute approximate surface area is 127 Å². The quantitative estimate of drug-likeness (QED) is 0.722. The molecule has 5 heteroatoms. The first-order valence-corrected chi connectivity index (χ1v) is 7.97. The Morgan fingerprint density at radius 1 is 1.48 bits per heavy atom. The van der Waals surface area contributed by atoms with Crippen LogP contribution in [0.2, 0.25) is 0 Å². The highest BCUT2D eigenvalue weighted by Crippen LogP contribution is 2.22. The summed E-state index contributed by atoms with van der Waals surface area (Å²) < 4.78 is 0. The first kappa shape index (κ1) is 17.5. The minimum atomic E-state index is 0.00686. The summed E-state index contributed by atoms with van der Waals surface area (Å²) in [6.07, 6.45) is 5.72. The first-order chi connectivity index (χ1) is 10.1. The molecule has 1 fully saturated rings. The molecule has 2 amide bonds. The largest absolute Gasteiger partial charge is 0.345 e. The van der Waals surface area contributed by atoms with Crippen LogP contribution in [0.15, 0.2) is 0 Å². The second kappa shape index (κ2) is 9.38. The lowest BCUT2D eigenvalue weighted by Crippen LogP contribution is -2.35. The maximum Gasteiger partial charge on any atom is 0.224 e. The van der Waals surface area contributed by atoms with Crippen LogP contribution < -0.4 is 0 Å².